The summed E-state index contributed by atoms with van der Waals surface area (Å²) in [6, 6.07) is 16.3. The van der Waals surface area contributed by atoms with Crippen molar-refractivity contribution < 1.29 is 14.0 Å². The van der Waals surface area contributed by atoms with E-state index >= 15 is 0 Å². The Labute approximate surface area is 175 Å². The molecule has 0 aliphatic carbocycles. The maximum Gasteiger partial charge on any atom is 0.270 e. The summed E-state index contributed by atoms with van der Waals surface area (Å²) in [6.45, 7) is 3.25. The molecule has 1 atom stereocenters. The summed E-state index contributed by atoms with van der Waals surface area (Å²) in [5.41, 5.74) is 1.98. The predicted octanol–water partition coefficient (Wildman–Crippen LogP) is 3.96. The molecule has 2 heterocycles. The molecule has 2 aromatic carbocycles. The van der Waals surface area contributed by atoms with Crippen LogP contribution in [0.1, 0.15) is 42.2 Å². The molecule has 30 heavy (non-hydrogen) atoms. The van der Waals surface area contributed by atoms with Gasteiger partial charge in [-0.1, -0.05) is 43.3 Å². The molecule has 156 valence electrons. The number of hydrogen-bond donors (Lipinski definition) is 1. The van der Waals surface area contributed by atoms with E-state index in [1.54, 1.807) is 23.1 Å². The van der Waals surface area contributed by atoms with Gasteiger partial charge in [0.15, 0.2) is 0 Å². The molecule has 1 N–H and O–H groups in total. The van der Waals surface area contributed by atoms with E-state index in [1.807, 2.05) is 41.8 Å². The Morgan fingerprint density at radius 1 is 1.13 bits per heavy atom. The molecule has 6 heteroatoms. The number of carbonyl (C=O) groups excluding carboxylic acids is 2. The molecule has 2 amide bonds. The average Bonchev–Trinajstić information content (AvgIpc) is 3.13. The predicted molar refractivity (Wildman–Crippen MR) is 115 cm³/mol. The highest BCUT2D eigenvalue weighted by molar-refractivity contribution is 5.99. The van der Waals surface area contributed by atoms with E-state index in [0.29, 0.717) is 30.8 Å². The van der Waals surface area contributed by atoms with Gasteiger partial charge in [-0.25, -0.2) is 4.39 Å². The molecular weight excluding hydrogens is 381 g/mol. The largest absolute Gasteiger partial charge is 0.352 e. The number of amides is 2. The van der Waals surface area contributed by atoms with Gasteiger partial charge in [0.2, 0.25) is 5.91 Å². The van der Waals surface area contributed by atoms with Crippen LogP contribution in [0.25, 0.3) is 10.9 Å². The van der Waals surface area contributed by atoms with E-state index in [0.717, 1.165) is 23.7 Å². The first kappa shape index (κ1) is 20.1. The van der Waals surface area contributed by atoms with Gasteiger partial charge in [0, 0.05) is 42.0 Å². The van der Waals surface area contributed by atoms with Crippen molar-refractivity contribution >= 4 is 22.7 Å². The summed E-state index contributed by atoms with van der Waals surface area (Å²) in [5.74, 6) is -0.366. The average molecular weight is 407 g/mol. The summed E-state index contributed by atoms with van der Waals surface area (Å²) in [5, 5.41) is 3.95. The minimum atomic E-state index is -0.283. The lowest BCUT2D eigenvalue weighted by Gasteiger charge is -2.33. The van der Waals surface area contributed by atoms with Crippen LogP contribution in [0.2, 0.25) is 0 Å². The van der Waals surface area contributed by atoms with Crippen molar-refractivity contribution in [3.63, 3.8) is 0 Å². The third-order valence-corrected chi connectivity index (χ3v) is 5.71. The number of nitrogens with zero attached hydrogens (tertiary/aromatic N) is 2. The highest BCUT2D eigenvalue weighted by atomic mass is 19.1. The first-order valence-electron chi connectivity index (χ1n) is 10.5. The molecule has 0 saturated carbocycles. The summed E-state index contributed by atoms with van der Waals surface area (Å²) in [4.78, 5) is 27.0. The van der Waals surface area contributed by atoms with E-state index in [-0.39, 0.29) is 30.2 Å². The number of likely N-dealkylation sites (tertiary alicyclic amines) is 1. The van der Waals surface area contributed by atoms with Crippen molar-refractivity contribution in [2.24, 2.45) is 0 Å². The number of carbonyl (C=O) groups is 2. The molecular formula is C24H26FN3O2. The van der Waals surface area contributed by atoms with Gasteiger partial charge in [0.1, 0.15) is 11.5 Å². The first-order valence-corrected chi connectivity index (χ1v) is 10.5. The zero-order valence-corrected chi connectivity index (χ0v) is 17.1. The van der Waals surface area contributed by atoms with Gasteiger partial charge in [0.25, 0.3) is 5.91 Å². The molecule has 4 rings (SSSR count). The summed E-state index contributed by atoms with van der Waals surface area (Å²) in [6.07, 6.45) is 2.14. The smallest absolute Gasteiger partial charge is 0.270 e. The van der Waals surface area contributed by atoms with E-state index in [9.17, 15) is 14.0 Å². The molecule has 1 saturated heterocycles. The Bertz CT molecular complexity index is 1080. The maximum absolute atomic E-state index is 14.3. The van der Waals surface area contributed by atoms with E-state index in [1.165, 1.54) is 6.07 Å². The van der Waals surface area contributed by atoms with Crippen molar-refractivity contribution in [3.8, 4) is 0 Å². The van der Waals surface area contributed by atoms with E-state index < -0.39 is 0 Å². The van der Waals surface area contributed by atoms with Gasteiger partial charge in [-0.2, -0.15) is 0 Å². The number of nitrogens with one attached hydrogen (secondary N) is 1. The van der Waals surface area contributed by atoms with Crippen LogP contribution >= 0.6 is 0 Å². The van der Waals surface area contributed by atoms with Crippen molar-refractivity contribution in [3.05, 3.63) is 71.7 Å². The second-order valence-electron chi connectivity index (χ2n) is 7.78. The lowest BCUT2D eigenvalue weighted by molar-refractivity contribution is -0.121. The van der Waals surface area contributed by atoms with E-state index in [2.05, 4.69) is 5.32 Å². The lowest BCUT2D eigenvalue weighted by atomic mass is 10.0. The summed E-state index contributed by atoms with van der Waals surface area (Å²) >= 11 is 0. The Morgan fingerprint density at radius 2 is 1.90 bits per heavy atom. The summed E-state index contributed by atoms with van der Waals surface area (Å²) in [7, 11) is 0. The van der Waals surface area contributed by atoms with Crippen LogP contribution < -0.4 is 5.32 Å². The quantitative estimate of drug-likeness (QED) is 0.696. The van der Waals surface area contributed by atoms with Gasteiger partial charge in [-0.3, -0.25) is 9.59 Å². The summed E-state index contributed by atoms with van der Waals surface area (Å²) < 4.78 is 16.2. The van der Waals surface area contributed by atoms with E-state index in [4.69, 9.17) is 0 Å². The monoisotopic (exact) mass is 407 g/mol. The molecule has 1 aromatic heterocycles. The second-order valence-corrected chi connectivity index (χ2v) is 7.78. The van der Waals surface area contributed by atoms with Gasteiger partial charge in [-0.15, -0.1) is 0 Å². The minimum absolute atomic E-state index is 0.00275. The molecule has 3 aromatic rings. The van der Waals surface area contributed by atoms with Gasteiger partial charge < -0.3 is 14.8 Å². The Balaban J connectivity index is 1.65. The molecule has 1 fully saturated rings. The van der Waals surface area contributed by atoms with Crippen LogP contribution in [-0.2, 0) is 11.3 Å². The molecule has 1 unspecified atom stereocenters. The standard InChI is InChI=1S/C24H26FN3O2/c1-2-23(29)26-19-10-7-13-27(16-19)24(30)22-14-17-8-4-6-12-21(17)28(22)15-18-9-3-5-11-20(18)25/h3-6,8-9,11-12,14,19H,2,7,10,13,15-16H2,1H3,(H,26,29). The van der Waals surface area contributed by atoms with Crippen LogP contribution in [0.15, 0.2) is 54.6 Å². The molecule has 0 bridgehead atoms. The lowest BCUT2D eigenvalue weighted by Crippen LogP contribution is -2.49. The number of fused-ring (bicyclic) bond motifs is 1. The molecule has 0 radical (unpaired) electrons. The maximum atomic E-state index is 14.3. The highest BCUT2D eigenvalue weighted by Gasteiger charge is 2.27. The Hall–Kier alpha value is -3.15. The first-order chi connectivity index (χ1) is 14.6. The fourth-order valence-electron chi connectivity index (χ4n) is 4.13. The van der Waals surface area contributed by atoms with Crippen molar-refractivity contribution in [2.45, 2.75) is 38.8 Å². The van der Waals surface area contributed by atoms with Crippen LogP contribution in [0, 0.1) is 5.82 Å². The number of aromatic nitrogens is 1. The number of hydrogen-bond acceptors (Lipinski definition) is 2. The molecule has 0 spiro atoms. The van der Waals surface area contributed by atoms with Crippen LogP contribution in [0.5, 0.6) is 0 Å². The third-order valence-electron chi connectivity index (χ3n) is 5.71. The Kier molecular flexibility index (Phi) is 5.84. The van der Waals surface area contributed by atoms with Gasteiger partial charge >= 0.3 is 0 Å². The highest BCUT2D eigenvalue weighted by Crippen LogP contribution is 2.24. The van der Waals surface area contributed by atoms with Crippen molar-refractivity contribution in [1.29, 1.82) is 0 Å². The number of benzene rings is 2. The number of rotatable bonds is 5. The Morgan fingerprint density at radius 3 is 2.70 bits per heavy atom. The number of para-hydroxylation sites is 1. The van der Waals surface area contributed by atoms with Crippen LogP contribution in [0.4, 0.5) is 4.39 Å². The fraction of sp³-hybridized carbons (Fsp3) is 0.333. The van der Waals surface area contributed by atoms with Crippen molar-refractivity contribution in [2.75, 3.05) is 13.1 Å². The zero-order chi connectivity index (χ0) is 21.1. The SMILES string of the molecule is CCC(=O)NC1CCCN(C(=O)c2cc3ccccc3n2Cc2ccccc2F)C1. The third kappa shape index (κ3) is 4.08. The van der Waals surface area contributed by atoms with Gasteiger partial charge in [-0.05, 0) is 31.0 Å². The molecule has 5 nitrogen and oxygen atoms in total. The number of halogens is 1. The van der Waals surface area contributed by atoms with Crippen LogP contribution in [-0.4, -0.2) is 40.4 Å². The molecule has 1 aliphatic rings. The zero-order valence-electron chi connectivity index (χ0n) is 17.1. The number of piperidine rings is 1. The molecule has 1 aliphatic heterocycles. The fourth-order valence-corrected chi connectivity index (χ4v) is 4.13. The van der Waals surface area contributed by atoms with Crippen LogP contribution in [0.3, 0.4) is 0 Å². The normalized spacial score (nSPS) is 16.6. The van der Waals surface area contributed by atoms with Gasteiger partial charge in [0.05, 0.1) is 6.54 Å². The second kappa shape index (κ2) is 8.69. The minimum Gasteiger partial charge on any atom is -0.352 e. The topological polar surface area (TPSA) is 54.3 Å². The van der Waals surface area contributed by atoms with Crippen molar-refractivity contribution in [1.82, 2.24) is 14.8 Å².